The number of aliphatic carboxylic acids is 1. The van der Waals surface area contributed by atoms with Crippen molar-refractivity contribution in [1.82, 2.24) is 19.7 Å². The van der Waals surface area contributed by atoms with E-state index in [0.29, 0.717) is 33.1 Å². The highest BCUT2D eigenvalue weighted by Crippen LogP contribution is 2.30. The van der Waals surface area contributed by atoms with Crippen LogP contribution in [-0.2, 0) is 11.2 Å². The molecule has 0 aliphatic carbocycles. The molecule has 0 spiro atoms. The van der Waals surface area contributed by atoms with Crippen LogP contribution in [0, 0.1) is 0 Å². The highest BCUT2D eigenvalue weighted by Gasteiger charge is 2.13. The summed E-state index contributed by atoms with van der Waals surface area (Å²) < 4.78 is 1.63. The quantitative estimate of drug-likeness (QED) is 0.443. The van der Waals surface area contributed by atoms with E-state index in [2.05, 4.69) is 20.4 Å². The Morgan fingerprint density at radius 3 is 2.82 bits per heavy atom. The molecule has 0 amide bonds. The fourth-order valence-corrected chi connectivity index (χ4v) is 3.02. The summed E-state index contributed by atoms with van der Waals surface area (Å²) >= 11 is 6.06. The number of phenols is 1. The second-order valence-electron chi connectivity index (χ2n) is 6.04. The minimum absolute atomic E-state index is 0.0249. The van der Waals surface area contributed by atoms with Crippen molar-refractivity contribution in [1.29, 1.82) is 0 Å². The number of hydrogen-bond donors (Lipinski definition) is 3. The number of nitrogens with one attached hydrogen (secondary N) is 1. The Morgan fingerprint density at radius 2 is 2.04 bits per heavy atom. The lowest BCUT2D eigenvalue weighted by Crippen LogP contribution is -2.02. The van der Waals surface area contributed by atoms with Gasteiger partial charge in [-0.1, -0.05) is 23.7 Å². The molecule has 2 heterocycles. The van der Waals surface area contributed by atoms with Crippen LogP contribution in [0.2, 0.25) is 5.02 Å². The zero-order valence-electron chi connectivity index (χ0n) is 14.4. The average Bonchev–Trinajstić information content (AvgIpc) is 3.09. The maximum absolute atomic E-state index is 10.9. The Balaban J connectivity index is 1.74. The largest absolute Gasteiger partial charge is 0.506 e. The Labute approximate surface area is 164 Å². The first-order chi connectivity index (χ1) is 13.5. The van der Waals surface area contributed by atoms with Gasteiger partial charge in [0.1, 0.15) is 17.9 Å². The third kappa shape index (κ3) is 3.45. The molecule has 0 saturated heterocycles. The Kier molecular flexibility index (Phi) is 4.54. The molecular weight excluding hydrogens is 382 g/mol. The van der Waals surface area contributed by atoms with Crippen LogP contribution in [0.25, 0.3) is 16.7 Å². The number of nitrogens with zero attached hydrogens (tertiary/aromatic N) is 4. The summed E-state index contributed by atoms with van der Waals surface area (Å²) in [5, 5.41) is 27.7. The number of aromatic hydroxyl groups is 1. The van der Waals surface area contributed by atoms with Gasteiger partial charge in [-0.15, -0.1) is 0 Å². The van der Waals surface area contributed by atoms with Gasteiger partial charge in [0.15, 0.2) is 5.65 Å². The van der Waals surface area contributed by atoms with Crippen LogP contribution in [0.15, 0.2) is 55.0 Å². The number of anilines is 2. The molecule has 28 heavy (non-hydrogen) atoms. The lowest BCUT2D eigenvalue weighted by atomic mass is 10.1. The number of carbonyl (C=O) groups is 1. The van der Waals surface area contributed by atoms with Crippen molar-refractivity contribution in [3.8, 4) is 11.4 Å². The Hall–Kier alpha value is -3.65. The van der Waals surface area contributed by atoms with E-state index in [-0.39, 0.29) is 12.2 Å². The third-order valence-corrected chi connectivity index (χ3v) is 4.32. The van der Waals surface area contributed by atoms with Crippen molar-refractivity contribution in [3.63, 3.8) is 0 Å². The number of fused-ring (bicyclic) bond motifs is 1. The predicted octanol–water partition coefficient (Wildman–Crippen LogP) is 3.55. The SMILES string of the molecule is O=C(O)Cc1ccc(O)c(Nc2ncnc3c2cnn3-c2cccc(Cl)c2)c1. The van der Waals surface area contributed by atoms with Gasteiger partial charge in [0.2, 0.25) is 0 Å². The minimum atomic E-state index is -0.955. The van der Waals surface area contributed by atoms with E-state index in [0.717, 1.165) is 5.69 Å². The monoisotopic (exact) mass is 395 g/mol. The van der Waals surface area contributed by atoms with Crippen molar-refractivity contribution < 1.29 is 15.0 Å². The summed E-state index contributed by atoms with van der Waals surface area (Å²) in [5.41, 5.74) is 2.20. The zero-order valence-corrected chi connectivity index (χ0v) is 15.1. The van der Waals surface area contributed by atoms with Crippen molar-refractivity contribution >= 4 is 40.1 Å². The maximum Gasteiger partial charge on any atom is 0.307 e. The van der Waals surface area contributed by atoms with Gasteiger partial charge >= 0.3 is 5.97 Å². The van der Waals surface area contributed by atoms with Crippen molar-refractivity contribution in [2.24, 2.45) is 0 Å². The fraction of sp³-hybridized carbons (Fsp3) is 0.0526. The number of carboxylic acids is 1. The molecule has 0 radical (unpaired) electrons. The fourth-order valence-electron chi connectivity index (χ4n) is 2.84. The molecule has 0 atom stereocenters. The van der Waals surface area contributed by atoms with Gasteiger partial charge in [0.25, 0.3) is 0 Å². The van der Waals surface area contributed by atoms with Gasteiger partial charge in [0, 0.05) is 5.02 Å². The van der Waals surface area contributed by atoms with E-state index < -0.39 is 5.97 Å². The second kappa shape index (κ2) is 7.16. The molecule has 0 bridgehead atoms. The van der Waals surface area contributed by atoms with Crippen LogP contribution in [0.3, 0.4) is 0 Å². The van der Waals surface area contributed by atoms with Crippen molar-refractivity contribution in [3.05, 3.63) is 65.6 Å². The number of rotatable bonds is 5. The Bertz CT molecular complexity index is 1190. The first-order valence-electron chi connectivity index (χ1n) is 8.26. The lowest BCUT2D eigenvalue weighted by Gasteiger charge is -2.10. The van der Waals surface area contributed by atoms with Crippen LogP contribution in [0.1, 0.15) is 5.56 Å². The lowest BCUT2D eigenvalue weighted by molar-refractivity contribution is -0.136. The molecule has 4 aromatic rings. The first kappa shape index (κ1) is 17.7. The smallest absolute Gasteiger partial charge is 0.307 e. The standard InChI is InChI=1S/C19H14ClN5O3/c20-12-2-1-3-13(8-12)25-19-14(9-23-25)18(21-10-22-19)24-15-6-11(7-17(27)28)4-5-16(15)26/h1-6,8-10,26H,7H2,(H,27,28)(H,21,22,24). The first-order valence-corrected chi connectivity index (χ1v) is 8.64. The summed E-state index contributed by atoms with van der Waals surface area (Å²) in [4.78, 5) is 19.5. The summed E-state index contributed by atoms with van der Waals surface area (Å²) in [7, 11) is 0. The van der Waals surface area contributed by atoms with Gasteiger partial charge in [0.05, 0.1) is 29.4 Å². The highest BCUT2D eigenvalue weighted by atomic mass is 35.5. The van der Waals surface area contributed by atoms with Gasteiger partial charge < -0.3 is 15.5 Å². The molecule has 2 aromatic carbocycles. The molecule has 3 N–H and O–H groups in total. The molecule has 0 saturated carbocycles. The zero-order chi connectivity index (χ0) is 19.7. The van der Waals surface area contributed by atoms with E-state index >= 15 is 0 Å². The number of benzene rings is 2. The molecule has 0 unspecified atom stereocenters. The maximum atomic E-state index is 10.9. The molecule has 140 valence electrons. The molecular formula is C19H14ClN5O3. The molecule has 2 aromatic heterocycles. The molecule has 0 aliphatic rings. The highest BCUT2D eigenvalue weighted by molar-refractivity contribution is 6.30. The molecule has 0 aliphatic heterocycles. The van der Waals surface area contributed by atoms with Crippen LogP contribution in [0.5, 0.6) is 5.75 Å². The Morgan fingerprint density at radius 1 is 1.18 bits per heavy atom. The number of hydrogen-bond acceptors (Lipinski definition) is 6. The molecule has 0 fully saturated rings. The second-order valence-corrected chi connectivity index (χ2v) is 6.48. The van der Waals surface area contributed by atoms with Crippen LogP contribution in [-0.4, -0.2) is 35.9 Å². The van der Waals surface area contributed by atoms with Gasteiger partial charge in [-0.2, -0.15) is 5.10 Å². The predicted molar refractivity (Wildman–Crippen MR) is 104 cm³/mol. The van der Waals surface area contributed by atoms with Gasteiger partial charge in [-0.3, -0.25) is 4.79 Å². The molecule has 9 heteroatoms. The summed E-state index contributed by atoms with van der Waals surface area (Å²) in [6, 6.07) is 11.8. The van der Waals surface area contributed by atoms with Crippen molar-refractivity contribution in [2.45, 2.75) is 6.42 Å². The summed E-state index contributed by atoms with van der Waals surface area (Å²) in [5.74, 6) is -0.548. The van der Waals surface area contributed by atoms with E-state index in [4.69, 9.17) is 16.7 Å². The number of phenolic OH excluding ortho intramolecular Hbond substituents is 1. The number of halogens is 1. The number of aromatic nitrogens is 4. The number of carboxylic acid groups (broad SMARTS) is 1. The molecule has 8 nitrogen and oxygen atoms in total. The van der Waals surface area contributed by atoms with Gasteiger partial charge in [-0.25, -0.2) is 14.6 Å². The van der Waals surface area contributed by atoms with E-state index in [1.807, 2.05) is 12.1 Å². The average molecular weight is 396 g/mol. The van der Waals surface area contributed by atoms with Crippen LogP contribution < -0.4 is 5.32 Å². The van der Waals surface area contributed by atoms with Crippen LogP contribution in [0.4, 0.5) is 11.5 Å². The summed E-state index contributed by atoms with van der Waals surface area (Å²) in [6.45, 7) is 0. The minimum Gasteiger partial charge on any atom is -0.506 e. The van der Waals surface area contributed by atoms with Crippen molar-refractivity contribution in [2.75, 3.05) is 5.32 Å². The van der Waals surface area contributed by atoms with Crippen LogP contribution >= 0.6 is 11.6 Å². The van der Waals surface area contributed by atoms with E-state index in [1.165, 1.54) is 12.4 Å². The third-order valence-electron chi connectivity index (χ3n) is 4.09. The summed E-state index contributed by atoms with van der Waals surface area (Å²) in [6.07, 6.45) is 2.84. The molecule has 4 rings (SSSR count). The van der Waals surface area contributed by atoms with E-state index in [1.54, 1.807) is 35.1 Å². The van der Waals surface area contributed by atoms with Gasteiger partial charge in [-0.05, 0) is 35.9 Å². The van der Waals surface area contributed by atoms with E-state index in [9.17, 15) is 9.90 Å². The normalized spacial score (nSPS) is 10.9. The topological polar surface area (TPSA) is 113 Å².